The highest BCUT2D eigenvalue weighted by molar-refractivity contribution is 5.86. The van der Waals surface area contributed by atoms with E-state index < -0.39 is 0 Å². The molecule has 0 radical (unpaired) electrons. The molecule has 0 aromatic carbocycles. The van der Waals surface area contributed by atoms with E-state index in [4.69, 9.17) is 4.42 Å². The van der Waals surface area contributed by atoms with Crippen molar-refractivity contribution in [2.24, 2.45) is 0 Å². The van der Waals surface area contributed by atoms with Crippen molar-refractivity contribution in [1.29, 1.82) is 0 Å². The minimum Gasteiger partial charge on any atom is -0.444 e. The van der Waals surface area contributed by atoms with E-state index in [2.05, 4.69) is 16.9 Å². The zero-order valence-corrected chi connectivity index (χ0v) is 7.76. The number of carbonyl (C=O) groups is 1. The van der Waals surface area contributed by atoms with E-state index in [9.17, 15) is 4.79 Å². The van der Waals surface area contributed by atoms with Crippen LogP contribution in [0, 0.1) is 13.8 Å². The van der Waals surface area contributed by atoms with Crippen LogP contribution in [0.5, 0.6) is 0 Å². The Morgan fingerprint density at radius 1 is 1.69 bits per heavy atom. The zero-order valence-electron chi connectivity index (χ0n) is 7.76. The van der Waals surface area contributed by atoms with Crippen LogP contribution in [0.3, 0.4) is 0 Å². The second-order valence-electron chi connectivity index (χ2n) is 2.67. The van der Waals surface area contributed by atoms with Gasteiger partial charge in [0.05, 0.1) is 12.2 Å². The van der Waals surface area contributed by atoms with Gasteiger partial charge in [0, 0.05) is 0 Å². The van der Waals surface area contributed by atoms with Crippen molar-refractivity contribution in [1.82, 2.24) is 10.3 Å². The van der Waals surface area contributed by atoms with Gasteiger partial charge in [-0.15, -0.1) is 0 Å². The Bertz CT molecular complexity index is 309. The van der Waals surface area contributed by atoms with Gasteiger partial charge in [0.25, 0.3) is 0 Å². The summed E-state index contributed by atoms with van der Waals surface area (Å²) in [5.41, 5.74) is 0.850. The summed E-state index contributed by atoms with van der Waals surface area (Å²) < 4.78 is 5.25. The molecule has 0 saturated carbocycles. The van der Waals surface area contributed by atoms with Crippen molar-refractivity contribution in [3.05, 3.63) is 30.0 Å². The molecule has 0 spiro atoms. The van der Waals surface area contributed by atoms with Crippen molar-refractivity contribution in [2.45, 2.75) is 20.4 Å². The molecule has 0 aliphatic rings. The number of oxazole rings is 1. The largest absolute Gasteiger partial charge is 0.444 e. The Morgan fingerprint density at radius 2 is 2.38 bits per heavy atom. The van der Waals surface area contributed by atoms with Gasteiger partial charge in [0.2, 0.25) is 11.8 Å². The van der Waals surface area contributed by atoms with Gasteiger partial charge in [-0.25, -0.2) is 4.98 Å². The van der Waals surface area contributed by atoms with Gasteiger partial charge in [-0.2, -0.15) is 0 Å². The molecule has 1 aromatic rings. The summed E-state index contributed by atoms with van der Waals surface area (Å²) in [6.07, 6.45) is 1.21. The Labute approximate surface area is 76.7 Å². The van der Waals surface area contributed by atoms with Crippen LogP contribution >= 0.6 is 0 Å². The summed E-state index contributed by atoms with van der Waals surface area (Å²) >= 11 is 0. The second kappa shape index (κ2) is 3.89. The summed E-state index contributed by atoms with van der Waals surface area (Å²) in [6.45, 7) is 7.33. The van der Waals surface area contributed by atoms with Crippen LogP contribution in [0.4, 0.5) is 0 Å². The van der Waals surface area contributed by atoms with E-state index in [1.54, 1.807) is 0 Å². The maximum atomic E-state index is 10.8. The third-order valence-corrected chi connectivity index (χ3v) is 1.67. The predicted molar refractivity (Wildman–Crippen MR) is 48.0 cm³/mol. The highest BCUT2D eigenvalue weighted by Crippen LogP contribution is 2.07. The number of aromatic nitrogens is 1. The highest BCUT2D eigenvalue weighted by atomic mass is 16.4. The minimum absolute atomic E-state index is 0.228. The number of hydrogen-bond donors (Lipinski definition) is 1. The third kappa shape index (κ3) is 2.43. The maximum Gasteiger partial charge on any atom is 0.243 e. The molecular weight excluding hydrogens is 168 g/mol. The molecule has 1 aromatic heterocycles. The molecule has 0 atom stereocenters. The molecular formula is C9H12N2O2. The smallest absolute Gasteiger partial charge is 0.243 e. The quantitative estimate of drug-likeness (QED) is 0.708. The van der Waals surface area contributed by atoms with Gasteiger partial charge >= 0.3 is 0 Å². The number of carbonyl (C=O) groups excluding carboxylic acids is 1. The molecule has 70 valence electrons. The molecule has 4 nitrogen and oxygen atoms in total. The van der Waals surface area contributed by atoms with Gasteiger partial charge in [-0.3, -0.25) is 4.79 Å². The lowest BCUT2D eigenvalue weighted by Gasteiger charge is -1.95. The van der Waals surface area contributed by atoms with Crippen LogP contribution in [0.2, 0.25) is 0 Å². The third-order valence-electron chi connectivity index (χ3n) is 1.67. The van der Waals surface area contributed by atoms with Gasteiger partial charge in [0.1, 0.15) is 5.76 Å². The molecule has 0 aliphatic carbocycles. The van der Waals surface area contributed by atoms with Crippen LogP contribution in [0.1, 0.15) is 17.3 Å². The average molecular weight is 180 g/mol. The Hall–Kier alpha value is -1.58. The summed E-state index contributed by atoms with van der Waals surface area (Å²) in [4.78, 5) is 14.9. The van der Waals surface area contributed by atoms with Crippen LogP contribution in [-0.2, 0) is 11.3 Å². The van der Waals surface area contributed by atoms with E-state index >= 15 is 0 Å². The van der Waals surface area contributed by atoms with Crippen LogP contribution in [0.25, 0.3) is 0 Å². The molecule has 0 aliphatic heterocycles. The second-order valence-corrected chi connectivity index (χ2v) is 2.67. The van der Waals surface area contributed by atoms with Crippen molar-refractivity contribution in [3.8, 4) is 0 Å². The number of nitrogens with zero attached hydrogens (tertiary/aromatic N) is 1. The first kappa shape index (κ1) is 9.51. The molecule has 0 unspecified atom stereocenters. The first-order valence-electron chi connectivity index (χ1n) is 3.96. The molecule has 1 heterocycles. The van der Waals surface area contributed by atoms with Crippen LogP contribution in [-0.4, -0.2) is 10.9 Å². The fraction of sp³-hybridized carbons (Fsp3) is 0.333. The monoisotopic (exact) mass is 180 g/mol. The fourth-order valence-electron chi connectivity index (χ4n) is 0.850. The number of amides is 1. The van der Waals surface area contributed by atoms with Crippen molar-refractivity contribution >= 4 is 5.91 Å². The first-order chi connectivity index (χ1) is 6.13. The molecule has 4 heteroatoms. The molecule has 0 bridgehead atoms. The molecule has 1 N–H and O–H groups in total. The highest BCUT2D eigenvalue weighted by Gasteiger charge is 2.05. The van der Waals surface area contributed by atoms with Crippen LogP contribution < -0.4 is 5.32 Å². The molecule has 13 heavy (non-hydrogen) atoms. The van der Waals surface area contributed by atoms with Crippen molar-refractivity contribution < 1.29 is 9.21 Å². The van der Waals surface area contributed by atoms with Gasteiger partial charge < -0.3 is 9.73 Å². The van der Waals surface area contributed by atoms with Gasteiger partial charge in [-0.05, 0) is 19.9 Å². The SMILES string of the molecule is C=CC(=O)NCc1nc(C)c(C)o1. The van der Waals surface area contributed by atoms with E-state index in [-0.39, 0.29) is 5.91 Å². The van der Waals surface area contributed by atoms with E-state index in [0.29, 0.717) is 12.4 Å². The lowest BCUT2D eigenvalue weighted by Crippen LogP contribution is -2.20. The minimum atomic E-state index is -0.228. The van der Waals surface area contributed by atoms with Gasteiger partial charge in [0.15, 0.2) is 0 Å². The molecule has 0 saturated heterocycles. The van der Waals surface area contributed by atoms with E-state index in [1.165, 1.54) is 6.08 Å². The zero-order chi connectivity index (χ0) is 9.84. The Balaban J connectivity index is 2.55. The predicted octanol–water partition coefficient (Wildman–Crippen LogP) is 1.09. The molecule has 0 fully saturated rings. The fourth-order valence-corrected chi connectivity index (χ4v) is 0.850. The summed E-state index contributed by atoms with van der Waals surface area (Å²) in [5, 5.41) is 2.58. The summed E-state index contributed by atoms with van der Waals surface area (Å²) in [5.74, 6) is 1.07. The number of nitrogens with one attached hydrogen (secondary N) is 1. The van der Waals surface area contributed by atoms with Gasteiger partial charge in [-0.1, -0.05) is 6.58 Å². The summed E-state index contributed by atoms with van der Waals surface area (Å²) in [7, 11) is 0. The molecule has 1 rings (SSSR count). The number of aryl methyl sites for hydroxylation is 2. The van der Waals surface area contributed by atoms with E-state index in [1.807, 2.05) is 13.8 Å². The lowest BCUT2D eigenvalue weighted by atomic mass is 10.4. The maximum absolute atomic E-state index is 10.8. The number of rotatable bonds is 3. The first-order valence-corrected chi connectivity index (χ1v) is 3.96. The van der Waals surface area contributed by atoms with Crippen molar-refractivity contribution in [3.63, 3.8) is 0 Å². The Kier molecular flexibility index (Phi) is 2.84. The average Bonchev–Trinajstić information content (AvgIpc) is 2.42. The van der Waals surface area contributed by atoms with Crippen molar-refractivity contribution in [2.75, 3.05) is 0 Å². The Morgan fingerprint density at radius 3 is 2.85 bits per heavy atom. The molecule has 1 amide bonds. The topological polar surface area (TPSA) is 55.1 Å². The van der Waals surface area contributed by atoms with Crippen LogP contribution in [0.15, 0.2) is 17.1 Å². The number of hydrogen-bond acceptors (Lipinski definition) is 3. The standard InChI is InChI=1S/C9H12N2O2/c1-4-8(12)10-5-9-11-6(2)7(3)13-9/h4H,1,5H2,2-3H3,(H,10,12). The lowest BCUT2D eigenvalue weighted by molar-refractivity contribution is -0.116. The summed E-state index contributed by atoms with van der Waals surface area (Å²) in [6, 6.07) is 0. The van der Waals surface area contributed by atoms with E-state index in [0.717, 1.165) is 11.5 Å². The normalized spacial score (nSPS) is 9.69.